The van der Waals surface area contributed by atoms with Crippen LogP contribution in [0, 0.1) is 13.8 Å². The molecule has 0 saturated heterocycles. The summed E-state index contributed by atoms with van der Waals surface area (Å²) in [6.45, 7) is 9.66. The van der Waals surface area contributed by atoms with Gasteiger partial charge in [-0.1, -0.05) is 18.2 Å². The molecule has 9 heteroatoms. The van der Waals surface area contributed by atoms with E-state index in [0.29, 0.717) is 17.9 Å². The third-order valence-corrected chi connectivity index (χ3v) is 6.93. The third-order valence-electron chi connectivity index (χ3n) is 5.73. The summed E-state index contributed by atoms with van der Waals surface area (Å²) in [4.78, 5) is 27.6. The van der Waals surface area contributed by atoms with Gasteiger partial charge in [-0.15, -0.1) is 0 Å². The Labute approximate surface area is 215 Å². The molecule has 2 aromatic rings. The van der Waals surface area contributed by atoms with Crippen molar-refractivity contribution in [2.45, 2.75) is 66.1 Å². The quantitative estimate of drug-likeness (QED) is 0.462. The predicted molar refractivity (Wildman–Crippen MR) is 144 cm³/mol. The highest BCUT2D eigenvalue weighted by Gasteiger charge is 2.27. The molecule has 1 atom stereocenters. The summed E-state index contributed by atoms with van der Waals surface area (Å²) in [5, 5.41) is 2.87. The summed E-state index contributed by atoms with van der Waals surface area (Å²) in [6.07, 6.45) is 1.58. The second-order valence-corrected chi connectivity index (χ2v) is 11.4. The molecular formula is C27H39N3O5S. The van der Waals surface area contributed by atoms with Gasteiger partial charge in [-0.25, -0.2) is 8.42 Å². The molecule has 8 nitrogen and oxygen atoms in total. The number of sulfonamides is 1. The van der Waals surface area contributed by atoms with Crippen LogP contribution in [0.2, 0.25) is 0 Å². The topological polar surface area (TPSA) is 96.0 Å². The molecule has 2 aromatic carbocycles. The molecule has 2 amide bonds. The number of carbonyl (C=O) groups excluding carboxylic acids is 2. The summed E-state index contributed by atoms with van der Waals surface area (Å²) in [5.74, 6) is 0.198. The fraction of sp³-hybridized carbons (Fsp3) is 0.481. The molecule has 0 spiro atoms. The Balaban J connectivity index is 2.21. The zero-order chi connectivity index (χ0) is 27.0. The SMILES string of the molecule is COc1cccc(CN(C(=O)CCCN(c2cc(C)cc(C)c2)S(C)(=O)=O)[C@H](C)C(=O)NC(C)C)c1. The van der Waals surface area contributed by atoms with Gasteiger partial charge < -0.3 is 15.0 Å². The predicted octanol–water partition coefficient (Wildman–Crippen LogP) is 3.80. The second kappa shape index (κ2) is 12.8. The third kappa shape index (κ3) is 8.55. The summed E-state index contributed by atoms with van der Waals surface area (Å²) in [6, 6.07) is 12.2. The van der Waals surface area contributed by atoms with Gasteiger partial charge in [0.25, 0.3) is 0 Å². The highest BCUT2D eigenvalue weighted by Crippen LogP contribution is 2.22. The van der Waals surface area contributed by atoms with Crippen molar-refractivity contribution in [1.82, 2.24) is 10.2 Å². The van der Waals surface area contributed by atoms with E-state index in [2.05, 4.69) is 5.32 Å². The van der Waals surface area contributed by atoms with Crippen LogP contribution in [0.1, 0.15) is 50.3 Å². The van der Waals surface area contributed by atoms with Crippen molar-refractivity contribution in [1.29, 1.82) is 0 Å². The van der Waals surface area contributed by atoms with Gasteiger partial charge in [-0.2, -0.15) is 0 Å². The first-order valence-electron chi connectivity index (χ1n) is 12.1. The van der Waals surface area contributed by atoms with Crippen LogP contribution < -0.4 is 14.4 Å². The molecule has 0 saturated carbocycles. The molecule has 0 aliphatic rings. The fourth-order valence-electron chi connectivity index (χ4n) is 4.05. The molecule has 36 heavy (non-hydrogen) atoms. The van der Waals surface area contributed by atoms with Gasteiger partial charge in [-0.3, -0.25) is 13.9 Å². The monoisotopic (exact) mass is 517 g/mol. The second-order valence-electron chi connectivity index (χ2n) is 9.50. The Morgan fingerprint density at radius 1 is 1.03 bits per heavy atom. The van der Waals surface area contributed by atoms with E-state index >= 15 is 0 Å². The van der Waals surface area contributed by atoms with Crippen molar-refractivity contribution in [3.63, 3.8) is 0 Å². The molecule has 0 fully saturated rings. The zero-order valence-corrected chi connectivity index (χ0v) is 23.2. The zero-order valence-electron chi connectivity index (χ0n) is 22.4. The number of hydrogen-bond acceptors (Lipinski definition) is 5. The van der Waals surface area contributed by atoms with Crippen LogP contribution in [0.3, 0.4) is 0 Å². The average Bonchev–Trinajstić information content (AvgIpc) is 2.77. The van der Waals surface area contributed by atoms with Crippen LogP contribution in [0.5, 0.6) is 5.75 Å². The Kier molecular flexibility index (Phi) is 10.3. The number of aryl methyl sites for hydroxylation is 2. The van der Waals surface area contributed by atoms with E-state index < -0.39 is 16.1 Å². The normalized spacial score (nSPS) is 12.2. The highest BCUT2D eigenvalue weighted by atomic mass is 32.2. The number of nitrogens with zero attached hydrogens (tertiary/aromatic N) is 2. The lowest BCUT2D eigenvalue weighted by atomic mass is 10.1. The van der Waals surface area contributed by atoms with Gasteiger partial charge >= 0.3 is 0 Å². The van der Waals surface area contributed by atoms with Gasteiger partial charge in [0.2, 0.25) is 21.8 Å². The lowest BCUT2D eigenvalue weighted by molar-refractivity contribution is -0.140. The van der Waals surface area contributed by atoms with Crippen LogP contribution in [0.25, 0.3) is 0 Å². The number of methoxy groups -OCH3 is 1. The van der Waals surface area contributed by atoms with Crippen molar-refractivity contribution in [3.8, 4) is 5.75 Å². The maximum absolute atomic E-state index is 13.4. The standard InChI is InChI=1S/C27H39N3O5S/c1-19(2)28-27(32)22(5)29(18-23-10-8-11-25(17-23)35-6)26(31)12-9-13-30(36(7,33)34)24-15-20(3)14-21(4)16-24/h8,10-11,14-17,19,22H,9,12-13,18H2,1-7H3,(H,28,32)/t22-/m1/s1. The number of ether oxygens (including phenoxy) is 1. The van der Waals surface area contributed by atoms with Crippen LogP contribution >= 0.6 is 0 Å². The molecule has 0 aliphatic carbocycles. The van der Waals surface area contributed by atoms with Crippen molar-refractivity contribution in [2.24, 2.45) is 0 Å². The van der Waals surface area contributed by atoms with Gasteiger partial charge in [0.15, 0.2) is 0 Å². The maximum atomic E-state index is 13.4. The Bertz CT molecular complexity index is 1140. The summed E-state index contributed by atoms with van der Waals surface area (Å²) < 4.78 is 31.7. The van der Waals surface area contributed by atoms with E-state index in [1.807, 2.05) is 70.2 Å². The van der Waals surface area contributed by atoms with Crippen LogP contribution in [-0.4, -0.2) is 57.1 Å². The van der Waals surface area contributed by atoms with E-state index in [1.165, 1.54) is 15.5 Å². The van der Waals surface area contributed by atoms with Gasteiger partial charge in [-0.05, 0) is 82.0 Å². The average molecular weight is 518 g/mol. The molecule has 0 aliphatic heterocycles. The van der Waals surface area contributed by atoms with Gasteiger partial charge in [0.05, 0.1) is 19.1 Å². The Hall–Kier alpha value is -3.07. The van der Waals surface area contributed by atoms with Crippen molar-refractivity contribution in [2.75, 3.05) is 24.2 Å². The molecule has 2 rings (SSSR count). The first kappa shape index (κ1) is 29.2. The van der Waals surface area contributed by atoms with Crippen molar-refractivity contribution >= 4 is 27.5 Å². The lowest BCUT2D eigenvalue weighted by Gasteiger charge is -2.30. The van der Waals surface area contributed by atoms with E-state index in [4.69, 9.17) is 4.74 Å². The number of amides is 2. The Morgan fingerprint density at radius 2 is 1.67 bits per heavy atom. The number of carbonyl (C=O) groups is 2. The van der Waals surface area contributed by atoms with Gasteiger partial charge in [0.1, 0.15) is 11.8 Å². The molecule has 0 unspecified atom stereocenters. The minimum atomic E-state index is -3.54. The van der Waals surface area contributed by atoms with Crippen LogP contribution in [-0.2, 0) is 26.2 Å². The minimum absolute atomic E-state index is 0.0603. The number of benzene rings is 2. The Morgan fingerprint density at radius 3 is 2.22 bits per heavy atom. The van der Waals surface area contributed by atoms with E-state index in [-0.39, 0.29) is 37.4 Å². The molecule has 0 bridgehead atoms. The molecule has 0 heterocycles. The lowest BCUT2D eigenvalue weighted by Crippen LogP contribution is -2.49. The highest BCUT2D eigenvalue weighted by molar-refractivity contribution is 7.92. The number of rotatable bonds is 12. The summed E-state index contributed by atoms with van der Waals surface area (Å²) in [5.41, 5.74) is 3.34. The molecular weight excluding hydrogens is 478 g/mol. The molecule has 0 radical (unpaired) electrons. The summed E-state index contributed by atoms with van der Waals surface area (Å²) >= 11 is 0. The number of hydrogen-bond donors (Lipinski definition) is 1. The number of anilines is 1. The largest absolute Gasteiger partial charge is 0.497 e. The fourth-order valence-corrected chi connectivity index (χ4v) is 5.00. The first-order chi connectivity index (χ1) is 16.8. The van der Waals surface area contributed by atoms with E-state index in [1.54, 1.807) is 14.0 Å². The van der Waals surface area contributed by atoms with Crippen LogP contribution in [0.4, 0.5) is 5.69 Å². The van der Waals surface area contributed by atoms with Crippen molar-refractivity contribution < 1.29 is 22.7 Å². The smallest absolute Gasteiger partial charge is 0.242 e. The van der Waals surface area contributed by atoms with Crippen LogP contribution in [0.15, 0.2) is 42.5 Å². The minimum Gasteiger partial charge on any atom is -0.497 e. The molecule has 1 N–H and O–H groups in total. The van der Waals surface area contributed by atoms with E-state index in [9.17, 15) is 18.0 Å². The van der Waals surface area contributed by atoms with Gasteiger partial charge in [0, 0.05) is 25.6 Å². The summed E-state index contributed by atoms with van der Waals surface area (Å²) in [7, 11) is -1.97. The van der Waals surface area contributed by atoms with Crippen molar-refractivity contribution in [3.05, 3.63) is 59.2 Å². The first-order valence-corrected chi connectivity index (χ1v) is 14.0. The molecule has 0 aromatic heterocycles. The number of nitrogens with one attached hydrogen (secondary N) is 1. The maximum Gasteiger partial charge on any atom is 0.242 e. The van der Waals surface area contributed by atoms with E-state index in [0.717, 1.165) is 16.7 Å². The molecule has 198 valence electrons.